The van der Waals surface area contributed by atoms with E-state index in [1.807, 2.05) is 76.2 Å². The van der Waals surface area contributed by atoms with Gasteiger partial charge in [0.25, 0.3) is 5.91 Å². The molecule has 1 aliphatic rings. The number of aliphatic hydroxyl groups excluding tert-OH is 1. The van der Waals surface area contributed by atoms with E-state index < -0.39 is 23.2 Å². The van der Waals surface area contributed by atoms with Crippen LogP contribution in [0.3, 0.4) is 0 Å². The van der Waals surface area contributed by atoms with E-state index in [0.29, 0.717) is 43.2 Å². The highest BCUT2D eigenvalue weighted by Gasteiger charge is 2.53. The molecule has 0 saturated heterocycles. The quantitative estimate of drug-likeness (QED) is 0.165. The van der Waals surface area contributed by atoms with Gasteiger partial charge in [0.2, 0.25) is 5.90 Å². The summed E-state index contributed by atoms with van der Waals surface area (Å²) in [4.78, 5) is 32.2. The molecular weight excluding hydrogens is 624 g/mol. The van der Waals surface area contributed by atoms with E-state index in [0.717, 1.165) is 15.6 Å². The summed E-state index contributed by atoms with van der Waals surface area (Å²) in [5.74, 6) is 0.204. The summed E-state index contributed by atoms with van der Waals surface area (Å²) >= 11 is 3.64. The number of carbonyl (C=O) groups excluding carboxylic acids is 2. The number of ether oxygens (including phenoxy) is 3. The van der Waals surface area contributed by atoms with Crippen molar-refractivity contribution in [3.63, 3.8) is 0 Å². The lowest BCUT2D eigenvalue weighted by Crippen LogP contribution is -2.49. The molecule has 1 aliphatic heterocycles. The molecule has 234 valence electrons. The molecule has 0 aliphatic carbocycles. The number of aliphatic hydroxyl groups is 1. The smallest absolute Gasteiger partial charge is 0.306 e. The second-order valence-electron chi connectivity index (χ2n) is 11.9. The number of rotatable bonds is 13. The van der Waals surface area contributed by atoms with Crippen molar-refractivity contribution in [3.8, 4) is 5.75 Å². The second kappa shape index (κ2) is 14.9. The van der Waals surface area contributed by atoms with Crippen molar-refractivity contribution in [2.75, 3.05) is 19.8 Å². The van der Waals surface area contributed by atoms with Gasteiger partial charge in [0.05, 0.1) is 6.61 Å². The maximum Gasteiger partial charge on any atom is 0.306 e. The first-order valence-corrected chi connectivity index (χ1v) is 15.7. The molecule has 3 aromatic rings. The van der Waals surface area contributed by atoms with E-state index in [4.69, 9.17) is 24.3 Å². The minimum Gasteiger partial charge on any atom is -0.494 e. The summed E-state index contributed by atoms with van der Waals surface area (Å²) in [7, 11) is 0. The van der Waals surface area contributed by atoms with Crippen molar-refractivity contribution in [3.05, 3.63) is 99.5 Å². The third kappa shape index (κ3) is 8.70. The Hall–Kier alpha value is -3.69. The fourth-order valence-electron chi connectivity index (χ4n) is 4.95. The van der Waals surface area contributed by atoms with Gasteiger partial charge in [-0.2, -0.15) is 0 Å². The Morgan fingerprint density at radius 1 is 1.05 bits per heavy atom. The molecule has 3 aromatic carbocycles. The number of benzene rings is 3. The SMILES string of the molecule is Cc1ccc(CCNC(=O)[C@]2(CCC(=O)OC(C)(C)C)N=C(c3ccc(OCCCO)cc3)O[C@@H]2c2ccccc2Br)cc1. The molecule has 8 nitrogen and oxygen atoms in total. The molecule has 0 saturated carbocycles. The van der Waals surface area contributed by atoms with Gasteiger partial charge in [0.1, 0.15) is 11.4 Å². The Bertz CT molecular complexity index is 1450. The summed E-state index contributed by atoms with van der Waals surface area (Å²) in [6.45, 7) is 8.32. The Morgan fingerprint density at radius 3 is 2.41 bits per heavy atom. The summed E-state index contributed by atoms with van der Waals surface area (Å²) in [6, 6.07) is 23.0. The molecule has 1 amide bonds. The van der Waals surface area contributed by atoms with Gasteiger partial charge in [-0.05, 0) is 76.4 Å². The highest BCUT2D eigenvalue weighted by molar-refractivity contribution is 9.10. The van der Waals surface area contributed by atoms with E-state index in [9.17, 15) is 9.59 Å². The lowest BCUT2D eigenvalue weighted by atomic mass is 9.83. The van der Waals surface area contributed by atoms with Crippen molar-refractivity contribution in [1.29, 1.82) is 0 Å². The highest BCUT2D eigenvalue weighted by Crippen LogP contribution is 2.45. The molecule has 0 bridgehead atoms. The first-order chi connectivity index (χ1) is 21.0. The number of hydrogen-bond donors (Lipinski definition) is 2. The van der Waals surface area contributed by atoms with Crippen LogP contribution in [0.1, 0.15) is 68.4 Å². The normalized spacial score (nSPS) is 17.9. The van der Waals surface area contributed by atoms with Crippen molar-refractivity contribution in [2.24, 2.45) is 4.99 Å². The molecular formula is C35H41BrN2O6. The summed E-state index contributed by atoms with van der Waals surface area (Å²) < 4.78 is 18.6. The van der Waals surface area contributed by atoms with Crippen LogP contribution in [0.15, 0.2) is 82.3 Å². The van der Waals surface area contributed by atoms with Crippen LogP contribution in [0.25, 0.3) is 0 Å². The number of carbonyl (C=O) groups is 2. The van der Waals surface area contributed by atoms with Crippen LogP contribution in [0.5, 0.6) is 5.75 Å². The average Bonchev–Trinajstić information content (AvgIpc) is 3.37. The fourth-order valence-corrected chi connectivity index (χ4v) is 5.44. The van der Waals surface area contributed by atoms with Gasteiger partial charge in [-0.15, -0.1) is 0 Å². The monoisotopic (exact) mass is 664 g/mol. The number of hydrogen-bond acceptors (Lipinski definition) is 7. The van der Waals surface area contributed by atoms with Crippen molar-refractivity contribution >= 4 is 33.7 Å². The maximum absolute atomic E-state index is 14.3. The molecule has 0 radical (unpaired) electrons. The van der Waals surface area contributed by atoms with Gasteiger partial charge < -0.3 is 24.6 Å². The van der Waals surface area contributed by atoms with E-state index in [-0.39, 0.29) is 25.4 Å². The van der Waals surface area contributed by atoms with Crippen LogP contribution >= 0.6 is 15.9 Å². The predicted octanol–water partition coefficient (Wildman–Crippen LogP) is 6.26. The molecule has 4 rings (SSSR count). The number of nitrogens with one attached hydrogen (secondary N) is 1. The van der Waals surface area contributed by atoms with Gasteiger partial charge in [-0.25, -0.2) is 4.99 Å². The molecule has 1 heterocycles. The largest absolute Gasteiger partial charge is 0.494 e. The fraction of sp³-hybridized carbons (Fsp3) is 0.400. The molecule has 0 fully saturated rings. The summed E-state index contributed by atoms with van der Waals surface area (Å²) in [5.41, 5.74) is 1.58. The van der Waals surface area contributed by atoms with Gasteiger partial charge in [0, 0.05) is 41.6 Å². The lowest BCUT2D eigenvalue weighted by Gasteiger charge is -2.31. The minimum absolute atomic E-state index is 0.0264. The first-order valence-electron chi connectivity index (χ1n) is 14.9. The van der Waals surface area contributed by atoms with Crippen LogP contribution in [-0.2, 0) is 25.5 Å². The van der Waals surface area contributed by atoms with Gasteiger partial charge in [-0.3, -0.25) is 9.59 Å². The molecule has 2 N–H and O–H groups in total. The zero-order valence-corrected chi connectivity index (χ0v) is 27.4. The lowest BCUT2D eigenvalue weighted by molar-refractivity contribution is -0.155. The van der Waals surface area contributed by atoms with Gasteiger partial charge in [0.15, 0.2) is 11.6 Å². The van der Waals surface area contributed by atoms with Crippen LogP contribution in [0.2, 0.25) is 0 Å². The number of esters is 1. The number of nitrogens with zero attached hydrogens (tertiary/aromatic N) is 1. The number of aliphatic imine (C=N–C) groups is 1. The Labute approximate surface area is 268 Å². The predicted molar refractivity (Wildman–Crippen MR) is 174 cm³/mol. The van der Waals surface area contributed by atoms with Crippen LogP contribution in [-0.4, -0.2) is 53.8 Å². The van der Waals surface area contributed by atoms with E-state index in [1.165, 1.54) is 5.56 Å². The summed E-state index contributed by atoms with van der Waals surface area (Å²) in [5, 5.41) is 12.1. The molecule has 0 aromatic heterocycles. The zero-order valence-electron chi connectivity index (χ0n) is 25.8. The standard InChI is InChI=1S/C35H41BrN2O6/c1-24-10-12-25(13-11-24)19-21-37-33(41)35(20-18-30(40)44-34(2,3)4)31(28-8-5-6-9-29(28)36)43-32(38-35)26-14-16-27(17-15-26)42-23-7-22-39/h5-6,8-17,31,39H,7,18-23H2,1-4H3,(H,37,41)/t31-,35-/m1/s1. The number of aryl methyl sites for hydroxylation is 1. The van der Waals surface area contributed by atoms with E-state index in [2.05, 4.69) is 33.4 Å². The van der Waals surface area contributed by atoms with Gasteiger partial charge in [-0.1, -0.05) is 64.0 Å². The molecule has 2 atom stereocenters. The van der Waals surface area contributed by atoms with Crippen molar-refractivity contribution in [2.45, 2.75) is 70.6 Å². The third-order valence-electron chi connectivity index (χ3n) is 7.17. The Morgan fingerprint density at radius 2 is 1.75 bits per heavy atom. The Balaban J connectivity index is 1.68. The van der Waals surface area contributed by atoms with E-state index in [1.54, 1.807) is 12.1 Å². The van der Waals surface area contributed by atoms with Crippen molar-refractivity contribution < 1.29 is 28.9 Å². The first kappa shape index (κ1) is 33.2. The molecule has 0 unspecified atom stereocenters. The second-order valence-corrected chi connectivity index (χ2v) is 12.7. The molecule has 9 heteroatoms. The minimum atomic E-state index is -1.44. The summed E-state index contributed by atoms with van der Waals surface area (Å²) in [6.07, 6.45) is 0.417. The zero-order chi connectivity index (χ0) is 31.7. The van der Waals surface area contributed by atoms with Gasteiger partial charge >= 0.3 is 5.97 Å². The van der Waals surface area contributed by atoms with Crippen LogP contribution in [0, 0.1) is 6.92 Å². The average molecular weight is 666 g/mol. The molecule has 0 spiro atoms. The third-order valence-corrected chi connectivity index (χ3v) is 7.89. The van der Waals surface area contributed by atoms with Crippen molar-refractivity contribution in [1.82, 2.24) is 5.32 Å². The number of amides is 1. The Kier molecular flexibility index (Phi) is 11.2. The highest BCUT2D eigenvalue weighted by atomic mass is 79.9. The number of halogens is 1. The van der Waals surface area contributed by atoms with Crippen LogP contribution < -0.4 is 10.1 Å². The topological polar surface area (TPSA) is 106 Å². The van der Waals surface area contributed by atoms with Crippen LogP contribution in [0.4, 0.5) is 0 Å². The molecule has 44 heavy (non-hydrogen) atoms. The van der Waals surface area contributed by atoms with E-state index >= 15 is 0 Å². The maximum atomic E-state index is 14.3.